The summed E-state index contributed by atoms with van der Waals surface area (Å²) in [5, 5.41) is 13.2. The molecule has 0 amide bonds. The number of nitrogens with one attached hydrogen (secondary N) is 1. The zero-order valence-electron chi connectivity index (χ0n) is 9.46. The molecule has 1 aliphatic rings. The van der Waals surface area contributed by atoms with Gasteiger partial charge in [-0.05, 0) is 50.3 Å². The third kappa shape index (κ3) is 2.15. The molecule has 1 saturated carbocycles. The van der Waals surface area contributed by atoms with Crippen LogP contribution in [-0.2, 0) is 0 Å². The van der Waals surface area contributed by atoms with E-state index in [-0.39, 0.29) is 12.1 Å². The SMILES string of the molecule is Cc1cccc(N[C@@H]2CCC[C@H]2O)c1C. The number of hydrogen-bond donors (Lipinski definition) is 2. The summed E-state index contributed by atoms with van der Waals surface area (Å²) in [4.78, 5) is 0. The van der Waals surface area contributed by atoms with Crippen LogP contribution in [0, 0.1) is 13.8 Å². The number of aryl methyl sites for hydroxylation is 1. The lowest BCUT2D eigenvalue weighted by Gasteiger charge is -2.20. The molecular formula is C13H19NO. The van der Waals surface area contributed by atoms with Crippen molar-refractivity contribution in [2.75, 3.05) is 5.32 Å². The van der Waals surface area contributed by atoms with Crippen molar-refractivity contribution in [3.8, 4) is 0 Å². The molecule has 0 saturated heterocycles. The fourth-order valence-corrected chi connectivity index (χ4v) is 2.22. The first-order valence-electron chi connectivity index (χ1n) is 5.69. The Bertz CT molecular complexity index is 348. The average Bonchev–Trinajstić information content (AvgIpc) is 2.60. The van der Waals surface area contributed by atoms with Gasteiger partial charge in [-0.15, -0.1) is 0 Å². The number of rotatable bonds is 2. The molecule has 0 radical (unpaired) electrons. The zero-order valence-corrected chi connectivity index (χ0v) is 9.46. The smallest absolute Gasteiger partial charge is 0.0741 e. The van der Waals surface area contributed by atoms with Crippen LogP contribution in [0.2, 0.25) is 0 Å². The van der Waals surface area contributed by atoms with E-state index in [1.807, 2.05) is 0 Å². The van der Waals surface area contributed by atoms with Gasteiger partial charge in [0, 0.05) is 5.69 Å². The summed E-state index contributed by atoms with van der Waals surface area (Å²) in [5.41, 5.74) is 3.75. The molecule has 0 aliphatic heterocycles. The quantitative estimate of drug-likeness (QED) is 0.778. The number of aliphatic hydroxyl groups excluding tert-OH is 1. The number of aliphatic hydroxyl groups is 1. The van der Waals surface area contributed by atoms with Gasteiger partial charge in [-0.3, -0.25) is 0 Å². The molecule has 15 heavy (non-hydrogen) atoms. The Kier molecular flexibility index (Phi) is 2.96. The van der Waals surface area contributed by atoms with Gasteiger partial charge in [0.1, 0.15) is 0 Å². The molecular weight excluding hydrogens is 186 g/mol. The summed E-state index contributed by atoms with van der Waals surface area (Å²) >= 11 is 0. The van der Waals surface area contributed by atoms with E-state index in [0.29, 0.717) is 0 Å². The van der Waals surface area contributed by atoms with Crippen molar-refractivity contribution in [2.45, 2.75) is 45.3 Å². The lowest BCUT2D eigenvalue weighted by Crippen LogP contribution is -2.28. The van der Waals surface area contributed by atoms with Crippen molar-refractivity contribution < 1.29 is 5.11 Å². The molecule has 2 nitrogen and oxygen atoms in total. The van der Waals surface area contributed by atoms with Gasteiger partial charge in [-0.2, -0.15) is 0 Å². The Hall–Kier alpha value is -1.02. The lowest BCUT2D eigenvalue weighted by molar-refractivity contribution is 0.172. The minimum atomic E-state index is -0.176. The fraction of sp³-hybridized carbons (Fsp3) is 0.538. The molecule has 2 atom stereocenters. The first-order chi connectivity index (χ1) is 7.18. The molecule has 1 fully saturated rings. The summed E-state index contributed by atoms with van der Waals surface area (Å²) < 4.78 is 0. The Balaban J connectivity index is 2.13. The van der Waals surface area contributed by atoms with E-state index >= 15 is 0 Å². The highest BCUT2D eigenvalue weighted by atomic mass is 16.3. The Morgan fingerprint density at radius 3 is 2.73 bits per heavy atom. The molecule has 2 N–H and O–H groups in total. The average molecular weight is 205 g/mol. The molecule has 0 aromatic heterocycles. The maximum Gasteiger partial charge on any atom is 0.0741 e. The summed E-state index contributed by atoms with van der Waals surface area (Å²) in [6, 6.07) is 6.51. The molecule has 1 aromatic carbocycles. The predicted octanol–water partition coefficient (Wildman–Crippen LogP) is 2.63. The van der Waals surface area contributed by atoms with Crippen molar-refractivity contribution in [3.63, 3.8) is 0 Å². The van der Waals surface area contributed by atoms with Crippen molar-refractivity contribution in [1.82, 2.24) is 0 Å². The first kappa shape index (κ1) is 10.5. The van der Waals surface area contributed by atoms with Crippen LogP contribution in [-0.4, -0.2) is 17.3 Å². The van der Waals surface area contributed by atoms with Crippen LogP contribution in [0.5, 0.6) is 0 Å². The van der Waals surface area contributed by atoms with Crippen LogP contribution >= 0.6 is 0 Å². The fourth-order valence-electron chi connectivity index (χ4n) is 2.22. The van der Waals surface area contributed by atoms with Gasteiger partial charge in [0.2, 0.25) is 0 Å². The molecule has 0 heterocycles. The first-order valence-corrected chi connectivity index (χ1v) is 5.69. The largest absolute Gasteiger partial charge is 0.391 e. The summed E-state index contributed by atoms with van der Waals surface area (Å²) in [5.74, 6) is 0. The van der Waals surface area contributed by atoms with Crippen LogP contribution in [0.3, 0.4) is 0 Å². The van der Waals surface area contributed by atoms with Gasteiger partial charge in [0.15, 0.2) is 0 Å². The van der Waals surface area contributed by atoms with E-state index in [4.69, 9.17) is 0 Å². The van der Waals surface area contributed by atoms with Crippen LogP contribution in [0.25, 0.3) is 0 Å². The third-order valence-corrected chi connectivity index (χ3v) is 3.43. The van der Waals surface area contributed by atoms with E-state index < -0.39 is 0 Å². The minimum absolute atomic E-state index is 0.176. The monoisotopic (exact) mass is 205 g/mol. The van der Waals surface area contributed by atoms with E-state index in [0.717, 1.165) is 19.3 Å². The summed E-state index contributed by atoms with van der Waals surface area (Å²) in [6.45, 7) is 4.24. The number of anilines is 1. The standard InChI is InChI=1S/C13H19NO/c1-9-5-3-6-11(10(9)2)14-12-7-4-8-13(12)15/h3,5-6,12-15H,4,7-8H2,1-2H3/t12-,13-/m1/s1. The molecule has 2 rings (SSSR count). The van der Waals surface area contributed by atoms with Crippen LogP contribution in [0.4, 0.5) is 5.69 Å². The van der Waals surface area contributed by atoms with E-state index in [9.17, 15) is 5.11 Å². The van der Waals surface area contributed by atoms with Crippen molar-refractivity contribution >= 4 is 5.69 Å². The maximum atomic E-state index is 9.75. The normalized spacial score (nSPS) is 25.5. The highest BCUT2D eigenvalue weighted by molar-refractivity contribution is 5.54. The van der Waals surface area contributed by atoms with Crippen LogP contribution in [0.15, 0.2) is 18.2 Å². The van der Waals surface area contributed by atoms with Gasteiger partial charge in [0.25, 0.3) is 0 Å². The van der Waals surface area contributed by atoms with Crippen LogP contribution in [0.1, 0.15) is 30.4 Å². The van der Waals surface area contributed by atoms with Crippen molar-refractivity contribution in [1.29, 1.82) is 0 Å². The molecule has 82 valence electrons. The molecule has 0 spiro atoms. The predicted molar refractivity (Wildman–Crippen MR) is 63.2 cm³/mol. The molecule has 0 unspecified atom stereocenters. The van der Waals surface area contributed by atoms with Gasteiger partial charge >= 0.3 is 0 Å². The van der Waals surface area contributed by atoms with E-state index in [1.54, 1.807) is 0 Å². The third-order valence-electron chi connectivity index (χ3n) is 3.43. The van der Waals surface area contributed by atoms with E-state index in [2.05, 4.69) is 37.4 Å². The minimum Gasteiger partial charge on any atom is -0.391 e. The Morgan fingerprint density at radius 2 is 2.07 bits per heavy atom. The van der Waals surface area contributed by atoms with E-state index in [1.165, 1.54) is 16.8 Å². The van der Waals surface area contributed by atoms with Crippen molar-refractivity contribution in [3.05, 3.63) is 29.3 Å². The van der Waals surface area contributed by atoms with Crippen LogP contribution < -0.4 is 5.32 Å². The highest BCUT2D eigenvalue weighted by Gasteiger charge is 2.25. The Labute approximate surface area is 91.3 Å². The molecule has 1 aromatic rings. The maximum absolute atomic E-state index is 9.75. The summed E-state index contributed by atoms with van der Waals surface area (Å²) in [7, 11) is 0. The van der Waals surface area contributed by atoms with Gasteiger partial charge in [-0.25, -0.2) is 0 Å². The molecule has 1 aliphatic carbocycles. The zero-order chi connectivity index (χ0) is 10.8. The second-order valence-electron chi connectivity index (χ2n) is 4.50. The van der Waals surface area contributed by atoms with Gasteiger partial charge in [-0.1, -0.05) is 12.1 Å². The van der Waals surface area contributed by atoms with Gasteiger partial charge in [0.05, 0.1) is 12.1 Å². The highest BCUT2D eigenvalue weighted by Crippen LogP contribution is 2.25. The molecule has 0 bridgehead atoms. The second kappa shape index (κ2) is 4.23. The van der Waals surface area contributed by atoms with Gasteiger partial charge < -0.3 is 10.4 Å². The molecule has 2 heteroatoms. The summed E-state index contributed by atoms with van der Waals surface area (Å²) in [6.07, 6.45) is 2.96. The lowest BCUT2D eigenvalue weighted by atomic mass is 10.1. The topological polar surface area (TPSA) is 32.3 Å². The number of hydrogen-bond acceptors (Lipinski definition) is 2. The second-order valence-corrected chi connectivity index (χ2v) is 4.50. The number of benzene rings is 1. The Morgan fingerprint density at radius 1 is 1.27 bits per heavy atom. The van der Waals surface area contributed by atoms with Crippen molar-refractivity contribution in [2.24, 2.45) is 0 Å².